The Morgan fingerprint density at radius 2 is 2.04 bits per heavy atom. The van der Waals surface area contributed by atoms with Crippen LogP contribution in [0.4, 0.5) is 10.5 Å². The number of nitrogens with one attached hydrogen (secondary N) is 1. The van der Waals surface area contributed by atoms with Crippen molar-refractivity contribution in [3.8, 4) is 0 Å². The Hall–Kier alpha value is -2.21. The summed E-state index contributed by atoms with van der Waals surface area (Å²) >= 11 is 6.25. The van der Waals surface area contributed by atoms with Crippen molar-refractivity contribution in [1.29, 1.82) is 0 Å². The molecule has 7 heteroatoms. The summed E-state index contributed by atoms with van der Waals surface area (Å²) in [5.74, 6) is -0.398. The Balaban J connectivity index is 2.03. The average Bonchev–Trinajstić information content (AvgIpc) is 2.59. The molecule has 0 saturated carbocycles. The SMILES string of the molecule is C=CCNC(=O)N1CCN(c2cc(C(=O)OC)ccc2Cl)CC1. The van der Waals surface area contributed by atoms with Crippen molar-refractivity contribution in [2.24, 2.45) is 0 Å². The molecule has 0 aliphatic carbocycles. The minimum atomic E-state index is -0.398. The molecule has 1 N–H and O–H groups in total. The van der Waals surface area contributed by atoms with Crippen LogP contribution in [0.15, 0.2) is 30.9 Å². The van der Waals surface area contributed by atoms with Gasteiger partial charge < -0.3 is 19.9 Å². The molecular formula is C16H20ClN3O3. The van der Waals surface area contributed by atoms with E-state index in [2.05, 4.69) is 16.8 Å². The molecule has 0 radical (unpaired) electrons. The topological polar surface area (TPSA) is 61.9 Å². The van der Waals surface area contributed by atoms with Gasteiger partial charge in [-0.3, -0.25) is 0 Å². The van der Waals surface area contributed by atoms with Gasteiger partial charge in [0.2, 0.25) is 0 Å². The monoisotopic (exact) mass is 337 g/mol. The van der Waals surface area contributed by atoms with Crippen molar-refractivity contribution < 1.29 is 14.3 Å². The number of urea groups is 1. The highest BCUT2D eigenvalue weighted by Crippen LogP contribution is 2.28. The number of halogens is 1. The molecule has 1 fully saturated rings. The summed E-state index contributed by atoms with van der Waals surface area (Å²) in [4.78, 5) is 27.4. The van der Waals surface area contributed by atoms with E-state index in [0.717, 1.165) is 5.69 Å². The lowest BCUT2D eigenvalue weighted by atomic mass is 10.1. The lowest BCUT2D eigenvalue weighted by Crippen LogP contribution is -2.52. The predicted octanol–water partition coefficient (Wildman–Crippen LogP) is 2.14. The van der Waals surface area contributed by atoms with Crippen LogP contribution in [0.1, 0.15) is 10.4 Å². The van der Waals surface area contributed by atoms with E-state index in [1.165, 1.54) is 7.11 Å². The fraction of sp³-hybridized carbons (Fsp3) is 0.375. The Morgan fingerprint density at radius 1 is 1.35 bits per heavy atom. The zero-order valence-electron chi connectivity index (χ0n) is 13.0. The Bertz CT molecular complexity index is 598. The standard InChI is InChI=1S/C16H20ClN3O3/c1-3-6-18-16(22)20-9-7-19(8-10-20)14-11-12(15(21)23-2)4-5-13(14)17/h3-5,11H,1,6-10H2,2H3,(H,18,22). The minimum Gasteiger partial charge on any atom is -0.465 e. The highest BCUT2D eigenvalue weighted by Gasteiger charge is 2.22. The van der Waals surface area contributed by atoms with Gasteiger partial charge in [-0.15, -0.1) is 6.58 Å². The predicted molar refractivity (Wildman–Crippen MR) is 90.2 cm³/mol. The summed E-state index contributed by atoms with van der Waals surface area (Å²) in [5, 5.41) is 3.33. The first-order valence-electron chi connectivity index (χ1n) is 7.33. The van der Waals surface area contributed by atoms with Crippen LogP contribution in [-0.2, 0) is 4.74 Å². The average molecular weight is 338 g/mol. The van der Waals surface area contributed by atoms with Crippen LogP contribution >= 0.6 is 11.6 Å². The summed E-state index contributed by atoms with van der Waals surface area (Å²) in [5.41, 5.74) is 1.23. The number of esters is 1. The molecule has 0 unspecified atom stereocenters. The van der Waals surface area contributed by atoms with Crippen LogP contribution in [0.25, 0.3) is 0 Å². The van der Waals surface area contributed by atoms with Gasteiger partial charge in [0, 0.05) is 32.7 Å². The number of rotatable bonds is 4. The molecule has 1 saturated heterocycles. The maximum Gasteiger partial charge on any atom is 0.337 e. The number of carbonyl (C=O) groups excluding carboxylic acids is 2. The summed E-state index contributed by atoms with van der Waals surface area (Å²) in [7, 11) is 1.34. The minimum absolute atomic E-state index is 0.0982. The molecule has 1 aliphatic heterocycles. The van der Waals surface area contributed by atoms with Gasteiger partial charge >= 0.3 is 12.0 Å². The van der Waals surface area contributed by atoms with Crippen LogP contribution < -0.4 is 10.2 Å². The zero-order valence-corrected chi connectivity index (χ0v) is 13.8. The number of piperazine rings is 1. The van der Waals surface area contributed by atoms with Gasteiger partial charge in [0.25, 0.3) is 0 Å². The van der Waals surface area contributed by atoms with Crippen LogP contribution in [-0.4, -0.2) is 56.7 Å². The maximum atomic E-state index is 11.9. The van der Waals surface area contributed by atoms with Crippen molar-refractivity contribution in [3.63, 3.8) is 0 Å². The van der Waals surface area contributed by atoms with Crippen molar-refractivity contribution in [2.45, 2.75) is 0 Å². The molecule has 2 rings (SSSR count). The molecule has 2 amide bonds. The molecule has 124 valence electrons. The van der Waals surface area contributed by atoms with E-state index < -0.39 is 5.97 Å². The second-order valence-electron chi connectivity index (χ2n) is 5.11. The van der Waals surface area contributed by atoms with Crippen LogP contribution in [0.2, 0.25) is 5.02 Å². The van der Waals surface area contributed by atoms with Crippen molar-refractivity contribution in [3.05, 3.63) is 41.4 Å². The van der Waals surface area contributed by atoms with Gasteiger partial charge in [-0.05, 0) is 18.2 Å². The van der Waals surface area contributed by atoms with Crippen molar-refractivity contribution in [1.82, 2.24) is 10.2 Å². The summed E-state index contributed by atoms with van der Waals surface area (Å²) in [6.45, 7) is 6.48. The van der Waals surface area contributed by atoms with Crippen molar-refractivity contribution >= 4 is 29.3 Å². The second-order valence-corrected chi connectivity index (χ2v) is 5.51. The maximum absolute atomic E-state index is 11.9. The van der Waals surface area contributed by atoms with E-state index >= 15 is 0 Å². The number of anilines is 1. The molecule has 0 bridgehead atoms. The first kappa shape index (κ1) is 17.1. The fourth-order valence-corrected chi connectivity index (χ4v) is 2.66. The van der Waals surface area contributed by atoms with E-state index in [4.69, 9.17) is 16.3 Å². The zero-order chi connectivity index (χ0) is 16.8. The van der Waals surface area contributed by atoms with Gasteiger partial charge in [0.05, 0.1) is 23.4 Å². The quantitative estimate of drug-likeness (QED) is 0.675. The first-order valence-corrected chi connectivity index (χ1v) is 7.71. The second kappa shape index (κ2) is 7.87. The van der Waals surface area contributed by atoms with Gasteiger partial charge in [0.1, 0.15) is 0 Å². The number of methoxy groups -OCH3 is 1. The molecule has 1 aromatic rings. The smallest absolute Gasteiger partial charge is 0.337 e. The van der Waals surface area contributed by atoms with E-state index in [1.54, 1.807) is 29.2 Å². The van der Waals surface area contributed by atoms with Crippen LogP contribution in [0, 0.1) is 0 Å². The molecule has 1 aromatic carbocycles. The number of carbonyl (C=O) groups is 2. The van der Waals surface area contributed by atoms with Gasteiger partial charge in [0.15, 0.2) is 0 Å². The third-order valence-corrected chi connectivity index (χ3v) is 3.99. The summed E-state index contributed by atoms with van der Waals surface area (Å²) < 4.78 is 4.73. The van der Waals surface area contributed by atoms with Gasteiger partial charge in [-0.2, -0.15) is 0 Å². The largest absolute Gasteiger partial charge is 0.465 e. The molecule has 0 aromatic heterocycles. The van der Waals surface area contributed by atoms with E-state index in [9.17, 15) is 9.59 Å². The molecule has 6 nitrogen and oxygen atoms in total. The van der Waals surface area contributed by atoms with Crippen molar-refractivity contribution in [2.75, 3.05) is 44.7 Å². The number of hydrogen-bond donors (Lipinski definition) is 1. The Kier molecular flexibility index (Phi) is 5.87. The lowest BCUT2D eigenvalue weighted by molar-refractivity contribution is 0.0600. The third kappa shape index (κ3) is 4.16. The van der Waals surface area contributed by atoms with E-state index in [-0.39, 0.29) is 6.03 Å². The normalized spacial score (nSPS) is 14.3. The Labute approximate surface area is 140 Å². The van der Waals surface area contributed by atoms with E-state index in [1.807, 2.05) is 0 Å². The number of amides is 2. The van der Waals surface area contributed by atoms with Gasteiger partial charge in [-0.25, -0.2) is 9.59 Å². The molecule has 1 aliphatic rings. The summed E-state index contributed by atoms with van der Waals surface area (Å²) in [6, 6.07) is 4.95. The highest BCUT2D eigenvalue weighted by molar-refractivity contribution is 6.33. The molecule has 23 heavy (non-hydrogen) atoms. The number of hydrogen-bond acceptors (Lipinski definition) is 4. The molecule has 1 heterocycles. The lowest BCUT2D eigenvalue weighted by Gasteiger charge is -2.36. The highest BCUT2D eigenvalue weighted by atomic mass is 35.5. The van der Waals surface area contributed by atoms with Crippen LogP contribution in [0.3, 0.4) is 0 Å². The number of nitrogens with zero attached hydrogens (tertiary/aromatic N) is 2. The fourth-order valence-electron chi connectivity index (χ4n) is 2.42. The van der Waals surface area contributed by atoms with E-state index in [0.29, 0.717) is 43.3 Å². The molecule has 0 atom stereocenters. The summed E-state index contributed by atoms with van der Waals surface area (Å²) in [6.07, 6.45) is 1.65. The molecule has 0 spiro atoms. The number of benzene rings is 1. The Morgan fingerprint density at radius 3 is 2.65 bits per heavy atom. The third-order valence-electron chi connectivity index (χ3n) is 3.67. The first-order chi connectivity index (χ1) is 11.1. The van der Waals surface area contributed by atoms with Gasteiger partial charge in [-0.1, -0.05) is 17.7 Å². The number of ether oxygens (including phenoxy) is 1. The van der Waals surface area contributed by atoms with Crippen LogP contribution in [0.5, 0.6) is 0 Å². The molecular weight excluding hydrogens is 318 g/mol.